The Hall–Kier alpha value is -2.02. The van der Waals surface area contributed by atoms with E-state index in [0.29, 0.717) is 23.6 Å². The van der Waals surface area contributed by atoms with Gasteiger partial charge in [-0.2, -0.15) is 4.98 Å². The Morgan fingerprint density at radius 3 is 2.90 bits per heavy atom. The van der Waals surface area contributed by atoms with Gasteiger partial charge in [-0.25, -0.2) is 9.50 Å². The maximum atomic E-state index is 12.4. The summed E-state index contributed by atoms with van der Waals surface area (Å²) in [6.07, 6.45) is 3.68. The molecule has 0 N–H and O–H groups in total. The predicted molar refractivity (Wildman–Crippen MR) is 77.7 cm³/mol. The van der Waals surface area contributed by atoms with Gasteiger partial charge in [-0.3, -0.25) is 4.79 Å². The van der Waals surface area contributed by atoms with Gasteiger partial charge < -0.3 is 9.80 Å². The number of likely N-dealkylation sites (N-methyl/N-ethyl adjacent to an activating group) is 1. The number of rotatable bonds is 3. The maximum Gasteiger partial charge on any atom is 0.252 e. The summed E-state index contributed by atoms with van der Waals surface area (Å²) in [6.45, 7) is 3.76. The summed E-state index contributed by atoms with van der Waals surface area (Å²) in [5.74, 6) is 1.63. The van der Waals surface area contributed by atoms with Crippen LogP contribution in [0.2, 0.25) is 0 Å². The van der Waals surface area contributed by atoms with E-state index >= 15 is 0 Å². The third-order valence-corrected chi connectivity index (χ3v) is 4.06. The smallest absolute Gasteiger partial charge is 0.252 e. The van der Waals surface area contributed by atoms with Crippen LogP contribution in [0.25, 0.3) is 5.78 Å². The zero-order chi connectivity index (χ0) is 15.0. The summed E-state index contributed by atoms with van der Waals surface area (Å²) >= 11 is 0. The first-order valence-electron chi connectivity index (χ1n) is 7.15. The number of carbonyl (C=O) groups is 1. The Kier molecular flexibility index (Phi) is 3.59. The molecule has 21 heavy (non-hydrogen) atoms. The van der Waals surface area contributed by atoms with E-state index in [1.54, 1.807) is 23.0 Å². The highest BCUT2D eigenvalue weighted by atomic mass is 16.2. The van der Waals surface area contributed by atoms with E-state index < -0.39 is 0 Å². The number of fused-ring (bicyclic) bond motifs is 1. The maximum absolute atomic E-state index is 12.4. The molecule has 3 heterocycles. The lowest BCUT2D eigenvalue weighted by molar-refractivity contribution is -0.129. The molecular weight excluding hydrogens is 268 g/mol. The quantitative estimate of drug-likeness (QED) is 0.800. The molecule has 1 amide bonds. The molecule has 1 saturated heterocycles. The molecule has 1 aliphatic rings. The van der Waals surface area contributed by atoms with E-state index in [4.69, 9.17) is 0 Å². The van der Waals surface area contributed by atoms with E-state index in [9.17, 15) is 4.79 Å². The fourth-order valence-electron chi connectivity index (χ4n) is 2.92. The molecule has 0 saturated carbocycles. The molecule has 0 radical (unpaired) electrons. The average Bonchev–Trinajstić information content (AvgIpc) is 3.01. The van der Waals surface area contributed by atoms with Crippen LogP contribution in [0.5, 0.6) is 0 Å². The van der Waals surface area contributed by atoms with Crippen LogP contribution in [0, 0.1) is 5.92 Å². The summed E-state index contributed by atoms with van der Waals surface area (Å²) in [5, 5.41) is 4.28. The molecule has 2 aromatic rings. The molecule has 0 bridgehead atoms. The van der Waals surface area contributed by atoms with Crippen LogP contribution in [-0.2, 0) is 11.2 Å². The van der Waals surface area contributed by atoms with E-state index in [1.165, 1.54) is 0 Å². The van der Waals surface area contributed by atoms with E-state index in [0.717, 1.165) is 13.1 Å². The van der Waals surface area contributed by atoms with Crippen LogP contribution >= 0.6 is 0 Å². The van der Waals surface area contributed by atoms with Crippen LogP contribution < -0.4 is 0 Å². The lowest BCUT2D eigenvalue weighted by Gasteiger charge is -2.22. The topological polar surface area (TPSA) is 66.6 Å². The molecule has 0 aliphatic carbocycles. The summed E-state index contributed by atoms with van der Waals surface area (Å²) in [6, 6.07) is 2.21. The molecule has 2 atom stereocenters. The Labute approximate surface area is 123 Å². The number of amides is 1. The standard InChI is InChI=1S/C14H20N6O/c1-10-8-19(9-11(10)18(2)3)13(21)7-12-16-14-15-5-4-6-20(14)17-12/h4-6,10-11H,7-9H2,1-3H3/t10-,11+/m0/s1. The first-order valence-corrected chi connectivity index (χ1v) is 7.15. The molecule has 112 valence electrons. The van der Waals surface area contributed by atoms with Gasteiger partial charge in [-0.15, -0.1) is 5.10 Å². The van der Waals surface area contributed by atoms with E-state index in [-0.39, 0.29) is 12.3 Å². The Bertz CT molecular complexity index is 619. The molecule has 1 aliphatic heterocycles. The Morgan fingerprint density at radius 2 is 2.24 bits per heavy atom. The number of aromatic nitrogens is 4. The highest BCUT2D eigenvalue weighted by molar-refractivity contribution is 5.78. The molecule has 0 aromatic carbocycles. The number of likely N-dealkylation sites (tertiary alicyclic amines) is 1. The minimum atomic E-state index is 0.0853. The zero-order valence-corrected chi connectivity index (χ0v) is 12.6. The minimum Gasteiger partial charge on any atom is -0.340 e. The summed E-state index contributed by atoms with van der Waals surface area (Å²) in [4.78, 5) is 24.9. The largest absolute Gasteiger partial charge is 0.340 e. The third kappa shape index (κ3) is 2.73. The van der Waals surface area contributed by atoms with Crippen molar-refractivity contribution in [2.45, 2.75) is 19.4 Å². The van der Waals surface area contributed by atoms with Crippen molar-refractivity contribution in [2.24, 2.45) is 5.92 Å². The first-order chi connectivity index (χ1) is 10.0. The fraction of sp³-hybridized carbons (Fsp3) is 0.571. The van der Waals surface area contributed by atoms with Crippen LogP contribution in [0.1, 0.15) is 12.7 Å². The average molecular weight is 288 g/mol. The van der Waals surface area contributed by atoms with Crippen LogP contribution in [0.4, 0.5) is 0 Å². The number of hydrogen-bond donors (Lipinski definition) is 0. The van der Waals surface area contributed by atoms with Crippen molar-refractivity contribution in [3.05, 3.63) is 24.3 Å². The van der Waals surface area contributed by atoms with Gasteiger partial charge in [0.2, 0.25) is 5.91 Å². The highest BCUT2D eigenvalue weighted by Crippen LogP contribution is 2.20. The van der Waals surface area contributed by atoms with Crippen molar-refractivity contribution in [3.8, 4) is 0 Å². The van der Waals surface area contributed by atoms with Crippen molar-refractivity contribution in [2.75, 3.05) is 27.2 Å². The summed E-state index contributed by atoms with van der Waals surface area (Å²) in [7, 11) is 4.12. The van der Waals surface area contributed by atoms with Gasteiger partial charge in [0, 0.05) is 31.5 Å². The minimum absolute atomic E-state index is 0.0853. The van der Waals surface area contributed by atoms with E-state index in [2.05, 4.69) is 41.0 Å². The third-order valence-electron chi connectivity index (χ3n) is 4.06. The van der Waals surface area contributed by atoms with Crippen molar-refractivity contribution in [3.63, 3.8) is 0 Å². The molecule has 2 aromatic heterocycles. The van der Waals surface area contributed by atoms with Gasteiger partial charge in [-0.05, 0) is 26.1 Å². The molecule has 0 unspecified atom stereocenters. The zero-order valence-electron chi connectivity index (χ0n) is 12.6. The number of nitrogens with zero attached hydrogens (tertiary/aromatic N) is 6. The Morgan fingerprint density at radius 1 is 1.43 bits per heavy atom. The van der Waals surface area contributed by atoms with E-state index in [1.807, 2.05) is 4.90 Å². The molecule has 7 nitrogen and oxygen atoms in total. The van der Waals surface area contributed by atoms with Gasteiger partial charge in [0.15, 0.2) is 5.82 Å². The normalized spacial score (nSPS) is 22.4. The second-order valence-corrected chi connectivity index (χ2v) is 5.88. The SMILES string of the molecule is C[C@H]1CN(C(=O)Cc2nc3ncccn3n2)C[C@H]1N(C)C. The van der Waals surface area contributed by atoms with Crippen molar-refractivity contribution in [1.82, 2.24) is 29.4 Å². The monoisotopic (exact) mass is 288 g/mol. The fourth-order valence-corrected chi connectivity index (χ4v) is 2.92. The van der Waals surface area contributed by atoms with Crippen molar-refractivity contribution in [1.29, 1.82) is 0 Å². The van der Waals surface area contributed by atoms with Crippen LogP contribution in [0.3, 0.4) is 0 Å². The van der Waals surface area contributed by atoms with Crippen LogP contribution in [-0.4, -0.2) is 68.5 Å². The van der Waals surface area contributed by atoms with Gasteiger partial charge in [0.05, 0.1) is 6.42 Å². The first kappa shape index (κ1) is 13.9. The second-order valence-electron chi connectivity index (χ2n) is 5.88. The molecule has 0 spiro atoms. The number of carbonyl (C=O) groups excluding carboxylic acids is 1. The molecule has 3 rings (SSSR count). The summed E-state index contributed by atoms with van der Waals surface area (Å²) < 4.78 is 1.60. The molecular formula is C14H20N6O. The van der Waals surface area contributed by atoms with Crippen molar-refractivity contribution >= 4 is 11.7 Å². The Balaban J connectivity index is 1.69. The summed E-state index contributed by atoms with van der Waals surface area (Å²) in [5.41, 5.74) is 0. The molecule has 1 fully saturated rings. The van der Waals surface area contributed by atoms with Crippen molar-refractivity contribution < 1.29 is 4.79 Å². The lowest BCUT2D eigenvalue weighted by atomic mass is 10.1. The van der Waals surface area contributed by atoms with Gasteiger partial charge in [0.25, 0.3) is 5.78 Å². The highest BCUT2D eigenvalue weighted by Gasteiger charge is 2.33. The van der Waals surface area contributed by atoms with Crippen LogP contribution in [0.15, 0.2) is 18.5 Å². The van der Waals surface area contributed by atoms with Gasteiger partial charge in [0.1, 0.15) is 0 Å². The molecule has 7 heteroatoms. The van der Waals surface area contributed by atoms with Gasteiger partial charge >= 0.3 is 0 Å². The van der Waals surface area contributed by atoms with Gasteiger partial charge in [-0.1, -0.05) is 6.92 Å². The predicted octanol–water partition coefficient (Wildman–Crippen LogP) is 0.0753. The number of hydrogen-bond acceptors (Lipinski definition) is 5. The second kappa shape index (κ2) is 5.40. The lowest BCUT2D eigenvalue weighted by Crippen LogP contribution is -2.36.